The highest BCUT2D eigenvalue weighted by molar-refractivity contribution is 9.10. The van der Waals surface area contributed by atoms with E-state index >= 15 is 0 Å². The standard InChI is InChI=1S/C14H16BrN3O2/c1-5-20-13(19)14(16-4,10(2)3)18-17-12-8-6-11(15)7-9-12/h6-10H,5H2,1-3H3. The SMILES string of the molecule is [C-]#[N+]C(N=Nc1ccc(Br)cc1)(C(=O)OCC)C(C)C. The van der Waals surface area contributed by atoms with Crippen LogP contribution in [0.4, 0.5) is 5.69 Å². The van der Waals surface area contributed by atoms with Gasteiger partial charge in [0.15, 0.2) is 0 Å². The van der Waals surface area contributed by atoms with Crippen LogP contribution in [0.1, 0.15) is 20.8 Å². The molecule has 1 rings (SSSR count). The molecular weight excluding hydrogens is 322 g/mol. The third-order valence-electron chi connectivity index (χ3n) is 2.70. The lowest BCUT2D eigenvalue weighted by Gasteiger charge is -2.17. The predicted molar refractivity (Wildman–Crippen MR) is 79.5 cm³/mol. The Balaban J connectivity index is 3.10. The minimum atomic E-state index is -1.62. The highest BCUT2D eigenvalue weighted by Crippen LogP contribution is 2.28. The first-order chi connectivity index (χ1) is 9.46. The summed E-state index contributed by atoms with van der Waals surface area (Å²) in [5.74, 6) is -0.996. The van der Waals surface area contributed by atoms with E-state index in [0.29, 0.717) is 5.69 Å². The molecule has 0 bridgehead atoms. The van der Waals surface area contributed by atoms with E-state index in [9.17, 15) is 4.79 Å². The molecule has 0 radical (unpaired) electrons. The number of rotatable bonds is 5. The maximum Gasteiger partial charge on any atom is 0.439 e. The summed E-state index contributed by atoms with van der Waals surface area (Å²) in [5.41, 5.74) is -1.05. The van der Waals surface area contributed by atoms with Crippen LogP contribution < -0.4 is 0 Å². The number of ether oxygens (including phenoxy) is 1. The van der Waals surface area contributed by atoms with E-state index in [0.717, 1.165) is 4.47 Å². The van der Waals surface area contributed by atoms with Gasteiger partial charge in [-0.05, 0) is 31.2 Å². The zero-order valence-electron chi connectivity index (χ0n) is 11.6. The third-order valence-corrected chi connectivity index (χ3v) is 3.22. The molecule has 20 heavy (non-hydrogen) atoms. The van der Waals surface area contributed by atoms with E-state index in [1.165, 1.54) is 0 Å². The van der Waals surface area contributed by atoms with Gasteiger partial charge in [0.1, 0.15) is 0 Å². The van der Waals surface area contributed by atoms with Crippen molar-refractivity contribution >= 4 is 27.6 Å². The lowest BCUT2D eigenvalue weighted by Crippen LogP contribution is -2.39. The topological polar surface area (TPSA) is 55.4 Å². The number of hydrogen-bond donors (Lipinski definition) is 0. The Labute approximate surface area is 127 Å². The van der Waals surface area contributed by atoms with Gasteiger partial charge in [0.2, 0.25) is 0 Å². The molecule has 0 saturated heterocycles. The maximum absolute atomic E-state index is 12.0. The van der Waals surface area contributed by atoms with Crippen LogP contribution in [0.5, 0.6) is 0 Å². The number of esters is 1. The van der Waals surface area contributed by atoms with Gasteiger partial charge in [0.25, 0.3) is 0 Å². The normalized spacial score (nSPS) is 14.0. The molecule has 0 aromatic heterocycles. The number of carbonyl (C=O) groups excluding carboxylic acids is 1. The lowest BCUT2D eigenvalue weighted by atomic mass is 9.98. The quantitative estimate of drug-likeness (QED) is 0.455. The van der Waals surface area contributed by atoms with Crippen molar-refractivity contribution in [3.8, 4) is 0 Å². The molecule has 6 heteroatoms. The smallest absolute Gasteiger partial charge is 0.439 e. The van der Waals surface area contributed by atoms with Gasteiger partial charge in [-0.1, -0.05) is 34.9 Å². The molecule has 0 amide bonds. The van der Waals surface area contributed by atoms with E-state index in [1.807, 2.05) is 12.1 Å². The predicted octanol–water partition coefficient (Wildman–Crippen LogP) is 4.37. The average Bonchev–Trinajstić information content (AvgIpc) is 2.42. The van der Waals surface area contributed by atoms with Crippen molar-refractivity contribution in [2.75, 3.05) is 6.61 Å². The van der Waals surface area contributed by atoms with E-state index in [4.69, 9.17) is 11.3 Å². The van der Waals surface area contributed by atoms with E-state index in [-0.39, 0.29) is 12.5 Å². The van der Waals surface area contributed by atoms with Crippen molar-refractivity contribution in [1.29, 1.82) is 0 Å². The second-order valence-corrected chi connectivity index (χ2v) is 5.31. The summed E-state index contributed by atoms with van der Waals surface area (Å²) in [6.45, 7) is 12.7. The zero-order valence-corrected chi connectivity index (χ0v) is 13.2. The fourth-order valence-electron chi connectivity index (χ4n) is 1.47. The van der Waals surface area contributed by atoms with Crippen LogP contribution in [0.2, 0.25) is 0 Å². The van der Waals surface area contributed by atoms with Crippen LogP contribution in [-0.4, -0.2) is 18.2 Å². The monoisotopic (exact) mass is 337 g/mol. The molecule has 0 saturated carbocycles. The molecule has 0 heterocycles. The second-order valence-electron chi connectivity index (χ2n) is 4.39. The molecule has 0 spiro atoms. The highest BCUT2D eigenvalue weighted by atomic mass is 79.9. The summed E-state index contributed by atoms with van der Waals surface area (Å²) in [6, 6.07) is 7.11. The summed E-state index contributed by atoms with van der Waals surface area (Å²) < 4.78 is 5.87. The minimum absolute atomic E-state index is 0.205. The van der Waals surface area contributed by atoms with Gasteiger partial charge in [0.05, 0.1) is 18.2 Å². The van der Waals surface area contributed by atoms with Gasteiger partial charge >= 0.3 is 11.6 Å². The molecule has 0 N–H and O–H groups in total. The van der Waals surface area contributed by atoms with Gasteiger partial charge in [-0.25, -0.2) is 11.4 Å². The van der Waals surface area contributed by atoms with Crippen molar-refractivity contribution in [1.82, 2.24) is 0 Å². The molecule has 0 fully saturated rings. The molecular formula is C14H16BrN3O2. The molecule has 1 aromatic rings. The average molecular weight is 338 g/mol. The number of halogens is 1. The molecule has 5 nitrogen and oxygen atoms in total. The summed E-state index contributed by atoms with van der Waals surface area (Å²) in [4.78, 5) is 15.4. The minimum Gasteiger partial charge on any atom is -0.458 e. The van der Waals surface area contributed by atoms with Crippen molar-refractivity contribution in [3.63, 3.8) is 0 Å². The summed E-state index contributed by atoms with van der Waals surface area (Å²) in [7, 11) is 0. The van der Waals surface area contributed by atoms with E-state index < -0.39 is 11.6 Å². The van der Waals surface area contributed by atoms with Crippen LogP contribution in [0, 0.1) is 12.5 Å². The number of carbonyl (C=O) groups is 1. The van der Waals surface area contributed by atoms with Gasteiger partial charge in [-0.3, -0.25) is 4.85 Å². The first-order valence-corrected chi connectivity index (χ1v) is 7.00. The lowest BCUT2D eigenvalue weighted by molar-refractivity contribution is -0.149. The van der Waals surface area contributed by atoms with Crippen molar-refractivity contribution in [2.24, 2.45) is 16.1 Å². The third kappa shape index (κ3) is 3.64. The largest absolute Gasteiger partial charge is 0.458 e. The molecule has 0 aliphatic rings. The summed E-state index contributed by atoms with van der Waals surface area (Å²) >= 11 is 3.32. The first kappa shape index (κ1) is 16.3. The molecule has 0 aliphatic heterocycles. The summed E-state index contributed by atoms with van der Waals surface area (Å²) in [6.07, 6.45) is 0. The van der Waals surface area contributed by atoms with Gasteiger partial charge in [-0.15, -0.1) is 5.11 Å². The second kappa shape index (κ2) is 7.15. The van der Waals surface area contributed by atoms with Crippen LogP contribution in [0.15, 0.2) is 39.0 Å². The Hall–Kier alpha value is -1.74. The highest BCUT2D eigenvalue weighted by Gasteiger charge is 2.51. The van der Waals surface area contributed by atoms with Crippen LogP contribution in [-0.2, 0) is 9.53 Å². The Morgan fingerprint density at radius 2 is 2.05 bits per heavy atom. The number of nitrogens with zero attached hydrogens (tertiary/aromatic N) is 3. The first-order valence-electron chi connectivity index (χ1n) is 6.20. The molecule has 1 atom stereocenters. The summed E-state index contributed by atoms with van der Waals surface area (Å²) in [5, 5.41) is 7.98. The van der Waals surface area contributed by atoms with Gasteiger partial charge in [-0.2, -0.15) is 0 Å². The van der Waals surface area contributed by atoms with Crippen molar-refractivity contribution in [3.05, 3.63) is 40.2 Å². The van der Waals surface area contributed by atoms with Crippen molar-refractivity contribution < 1.29 is 9.53 Å². The van der Waals surface area contributed by atoms with E-state index in [1.54, 1.807) is 32.9 Å². The Morgan fingerprint density at radius 3 is 2.50 bits per heavy atom. The molecule has 106 valence electrons. The maximum atomic E-state index is 12.0. The Morgan fingerprint density at radius 1 is 1.45 bits per heavy atom. The number of benzene rings is 1. The molecule has 1 unspecified atom stereocenters. The van der Waals surface area contributed by atoms with Gasteiger partial charge < -0.3 is 4.74 Å². The van der Waals surface area contributed by atoms with Crippen LogP contribution in [0.25, 0.3) is 4.85 Å². The van der Waals surface area contributed by atoms with Gasteiger partial charge in [0, 0.05) is 4.47 Å². The van der Waals surface area contributed by atoms with E-state index in [2.05, 4.69) is 31.0 Å². The fourth-order valence-corrected chi connectivity index (χ4v) is 1.73. The Bertz CT molecular complexity index is 534. The van der Waals surface area contributed by atoms with Crippen LogP contribution >= 0.6 is 15.9 Å². The number of azo groups is 1. The fraction of sp³-hybridized carbons (Fsp3) is 0.429. The molecule has 0 aliphatic carbocycles. The Kier molecular flexibility index (Phi) is 5.83. The zero-order chi connectivity index (χ0) is 15.2. The number of hydrogen-bond acceptors (Lipinski definition) is 4. The van der Waals surface area contributed by atoms with Crippen molar-refractivity contribution in [2.45, 2.75) is 26.4 Å². The van der Waals surface area contributed by atoms with Crippen LogP contribution in [0.3, 0.4) is 0 Å². The molecule has 1 aromatic carbocycles.